The van der Waals surface area contributed by atoms with E-state index in [0.29, 0.717) is 5.02 Å². The van der Waals surface area contributed by atoms with Crippen molar-refractivity contribution < 1.29 is 4.79 Å². The molecule has 0 atom stereocenters. The number of benzene rings is 2. The number of hydrogen-bond donors (Lipinski definition) is 1. The number of carbonyl (C=O) groups excluding carboxylic acids is 1. The molecule has 0 aliphatic carbocycles. The van der Waals surface area contributed by atoms with Crippen LogP contribution in [-0.2, 0) is 4.79 Å². The fraction of sp³-hybridized carbons (Fsp3) is 0.190. The van der Waals surface area contributed by atoms with Crippen LogP contribution in [0.4, 0.5) is 0 Å². The van der Waals surface area contributed by atoms with Crippen molar-refractivity contribution in [3.63, 3.8) is 0 Å². The number of thioether (sulfide) groups is 1. The van der Waals surface area contributed by atoms with E-state index >= 15 is 0 Å². The summed E-state index contributed by atoms with van der Waals surface area (Å²) >= 11 is 7.42. The monoisotopic (exact) mass is 397 g/mol. The van der Waals surface area contributed by atoms with E-state index in [4.69, 9.17) is 11.6 Å². The third kappa shape index (κ3) is 5.08. The Balaban J connectivity index is 1.68. The molecule has 1 heterocycles. The Kier molecular flexibility index (Phi) is 6.14. The summed E-state index contributed by atoms with van der Waals surface area (Å²) in [6, 6.07) is 13.5. The zero-order valence-electron chi connectivity index (χ0n) is 15.4. The maximum Gasteiger partial charge on any atom is 0.250 e. The number of amides is 1. The van der Waals surface area contributed by atoms with Gasteiger partial charge in [-0.25, -0.2) is 5.43 Å². The van der Waals surface area contributed by atoms with Crippen LogP contribution in [0, 0.1) is 20.8 Å². The average molecular weight is 398 g/mol. The normalized spacial score (nSPS) is 11.3. The van der Waals surface area contributed by atoms with Crippen molar-refractivity contribution >= 4 is 46.4 Å². The van der Waals surface area contributed by atoms with Crippen molar-refractivity contribution in [2.45, 2.75) is 25.7 Å². The Bertz CT molecular complexity index is 1030. The van der Waals surface area contributed by atoms with Crippen LogP contribution in [0.3, 0.4) is 0 Å². The predicted octanol–water partition coefficient (Wildman–Crippen LogP) is 5.06. The minimum absolute atomic E-state index is 0.162. The fourth-order valence-corrected chi connectivity index (χ4v) is 3.95. The number of aryl methyl sites for hydroxylation is 3. The minimum atomic E-state index is -0.162. The first-order chi connectivity index (χ1) is 12.9. The first-order valence-corrected chi connectivity index (χ1v) is 9.87. The molecular formula is C21H20ClN3OS. The SMILES string of the molecule is Cc1cc(C)c2nc(C)cc(SCC(=O)N/N=C\c3cccc(Cl)c3)c2c1. The number of aromatic nitrogens is 1. The lowest BCUT2D eigenvalue weighted by molar-refractivity contribution is -0.118. The summed E-state index contributed by atoms with van der Waals surface area (Å²) in [7, 11) is 0. The van der Waals surface area contributed by atoms with Crippen LogP contribution < -0.4 is 5.43 Å². The number of nitrogens with one attached hydrogen (secondary N) is 1. The first-order valence-electron chi connectivity index (χ1n) is 8.51. The van der Waals surface area contributed by atoms with Crippen LogP contribution in [0.1, 0.15) is 22.4 Å². The van der Waals surface area contributed by atoms with E-state index in [1.54, 1.807) is 18.3 Å². The topological polar surface area (TPSA) is 54.4 Å². The number of hydrazone groups is 1. The van der Waals surface area contributed by atoms with Crippen LogP contribution in [-0.4, -0.2) is 22.9 Å². The Morgan fingerprint density at radius 1 is 1.22 bits per heavy atom. The van der Waals surface area contributed by atoms with Gasteiger partial charge in [0, 0.05) is 21.0 Å². The van der Waals surface area contributed by atoms with Gasteiger partial charge in [-0.15, -0.1) is 11.8 Å². The Morgan fingerprint density at radius 3 is 2.81 bits per heavy atom. The molecule has 0 saturated heterocycles. The van der Waals surface area contributed by atoms with Crippen LogP contribution >= 0.6 is 23.4 Å². The van der Waals surface area contributed by atoms with Crippen molar-refractivity contribution in [1.29, 1.82) is 0 Å². The molecule has 0 spiro atoms. The van der Waals surface area contributed by atoms with Gasteiger partial charge in [0.05, 0.1) is 17.5 Å². The molecule has 0 unspecified atom stereocenters. The number of carbonyl (C=O) groups is 1. The van der Waals surface area contributed by atoms with Gasteiger partial charge in [0.1, 0.15) is 0 Å². The fourth-order valence-electron chi connectivity index (χ4n) is 2.83. The summed E-state index contributed by atoms with van der Waals surface area (Å²) in [6.45, 7) is 6.10. The number of rotatable bonds is 5. The zero-order chi connectivity index (χ0) is 19.4. The lowest BCUT2D eigenvalue weighted by Gasteiger charge is -2.10. The number of nitrogens with zero attached hydrogens (tertiary/aromatic N) is 2. The number of halogens is 1. The van der Waals surface area contributed by atoms with E-state index in [1.165, 1.54) is 17.3 Å². The Labute approximate surface area is 168 Å². The highest BCUT2D eigenvalue weighted by atomic mass is 35.5. The van der Waals surface area contributed by atoms with Gasteiger partial charge in [-0.05, 0) is 56.2 Å². The molecule has 0 aliphatic heterocycles. The van der Waals surface area contributed by atoms with Gasteiger partial charge in [0.25, 0.3) is 0 Å². The van der Waals surface area contributed by atoms with E-state index in [1.807, 2.05) is 25.1 Å². The zero-order valence-corrected chi connectivity index (χ0v) is 17.0. The molecule has 1 amide bonds. The van der Waals surface area contributed by atoms with Gasteiger partial charge in [0.15, 0.2) is 0 Å². The molecule has 0 aliphatic rings. The molecule has 27 heavy (non-hydrogen) atoms. The van der Waals surface area contributed by atoms with Crippen molar-refractivity contribution in [3.8, 4) is 0 Å². The number of hydrogen-bond acceptors (Lipinski definition) is 4. The third-order valence-electron chi connectivity index (χ3n) is 3.95. The van der Waals surface area contributed by atoms with Crippen molar-refractivity contribution in [2.24, 2.45) is 5.10 Å². The average Bonchev–Trinajstić information content (AvgIpc) is 2.60. The van der Waals surface area contributed by atoms with Gasteiger partial charge in [-0.3, -0.25) is 9.78 Å². The molecule has 0 bridgehead atoms. The third-order valence-corrected chi connectivity index (χ3v) is 5.24. The van der Waals surface area contributed by atoms with E-state index in [-0.39, 0.29) is 11.7 Å². The smallest absolute Gasteiger partial charge is 0.250 e. The minimum Gasteiger partial charge on any atom is -0.272 e. The molecule has 2 aromatic carbocycles. The van der Waals surface area contributed by atoms with E-state index < -0.39 is 0 Å². The predicted molar refractivity (Wildman–Crippen MR) is 114 cm³/mol. The summed E-state index contributed by atoms with van der Waals surface area (Å²) in [5.41, 5.74) is 7.65. The highest BCUT2D eigenvalue weighted by molar-refractivity contribution is 8.00. The Morgan fingerprint density at radius 2 is 2.04 bits per heavy atom. The largest absolute Gasteiger partial charge is 0.272 e. The Hall–Kier alpha value is -2.37. The van der Waals surface area contributed by atoms with Gasteiger partial charge >= 0.3 is 0 Å². The highest BCUT2D eigenvalue weighted by Gasteiger charge is 2.10. The highest BCUT2D eigenvalue weighted by Crippen LogP contribution is 2.30. The van der Waals surface area contributed by atoms with Gasteiger partial charge in [0.2, 0.25) is 5.91 Å². The first kappa shape index (κ1) is 19.4. The summed E-state index contributed by atoms with van der Waals surface area (Å²) in [6.07, 6.45) is 1.58. The summed E-state index contributed by atoms with van der Waals surface area (Å²) < 4.78 is 0. The standard InChI is InChI=1S/C21H20ClN3OS/c1-13-7-14(2)21-18(8-13)19(9-15(3)24-21)27-12-20(26)25-23-11-16-5-4-6-17(22)10-16/h4-11H,12H2,1-3H3,(H,25,26)/b23-11-. The molecule has 4 nitrogen and oxygen atoms in total. The van der Waals surface area contributed by atoms with E-state index in [9.17, 15) is 4.79 Å². The molecule has 0 saturated carbocycles. The molecule has 138 valence electrons. The quantitative estimate of drug-likeness (QED) is 0.372. The summed E-state index contributed by atoms with van der Waals surface area (Å²) in [4.78, 5) is 17.8. The lowest BCUT2D eigenvalue weighted by Crippen LogP contribution is -2.19. The van der Waals surface area contributed by atoms with E-state index in [0.717, 1.165) is 32.6 Å². The van der Waals surface area contributed by atoms with Crippen LogP contribution in [0.5, 0.6) is 0 Å². The summed E-state index contributed by atoms with van der Waals surface area (Å²) in [5.74, 6) is 0.114. The van der Waals surface area contributed by atoms with Crippen molar-refractivity contribution in [2.75, 3.05) is 5.75 Å². The molecule has 3 aromatic rings. The van der Waals surface area contributed by atoms with Crippen molar-refractivity contribution in [1.82, 2.24) is 10.4 Å². The lowest BCUT2D eigenvalue weighted by atomic mass is 10.1. The van der Waals surface area contributed by atoms with Crippen LogP contribution in [0.2, 0.25) is 5.02 Å². The molecular weight excluding hydrogens is 378 g/mol. The second-order valence-electron chi connectivity index (χ2n) is 6.38. The van der Waals surface area contributed by atoms with Crippen LogP contribution in [0.25, 0.3) is 10.9 Å². The molecule has 1 aromatic heterocycles. The maximum absolute atomic E-state index is 12.1. The molecule has 3 rings (SSSR count). The van der Waals surface area contributed by atoms with Gasteiger partial charge < -0.3 is 0 Å². The number of fused-ring (bicyclic) bond motifs is 1. The summed E-state index contributed by atoms with van der Waals surface area (Å²) in [5, 5.41) is 5.71. The van der Waals surface area contributed by atoms with Crippen molar-refractivity contribution in [3.05, 3.63) is 69.9 Å². The second-order valence-corrected chi connectivity index (χ2v) is 7.83. The molecule has 0 radical (unpaired) electrons. The van der Waals surface area contributed by atoms with Crippen LogP contribution in [0.15, 0.2) is 52.5 Å². The maximum atomic E-state index is 12.1. The molecule has 1 N–H and O–H groups in total. The second kappa shape index (κ2) is 8.55. The van der Waals surface area contributed by atoms with E-state index in [2.05, 4.69) is 41.5 Å². The molecule has 6 heteroatoms. The number of pyridine rings is 1. The van der Waals surface area contributed by atoms with Gasteiger partial charge in [-0.2, -0.15) is 5.10 Å². The molecule has 0 fully saturated rings. The van der Waals surface area contributed by atoms with Gasteiger partial charge in [-0.1, -0.05) is 35.4 Å².